The quantitative estimate of drug-likeness (QED) is 0.676. The fourth-order valence-electron chi connectivity index (χ4n) is 2.16. The third kappa shape index (κ3) is 2.64. The zero-order valence-corrected chi connectivity index (χ0v) is 10.6. The van der Waals surface area contributed by atoms with E-state index < -0.39 is 11.8 Å². The van der Waals surface area contributed by atoms with Crippen LogP contribution in [0.3, 0.4) is 0 Å². The van der Waals surface area contributed by atoms with Gasteiger partial charge in [0.15, 0.2) is 0 Å². The van der Waals surface area contributed by atoms with Gasteiger partial charge in [0.25, 0.3) is 5.78 Å². The Morgan fingerprint density at radius 3 is 2.39 bits per heavy atom. The number of rotatable bonds is 3. The van der Waals surface area contributed by atoms with Crippen molar-refractivity contribution in [2.24, 2.45) is 0 Å². The Hall–Kier alpha value is -1.55. The molecule has 0 bridgehead atoms. The lowest BCUT2D eigenvalue weighted by Gasteiger charge is -2.29. The SMILES string of the molecule is O=C(O)C(=O)c1ccc(N2CCCCC2)c(Cl)c1. The Morgan fingerprint density at radius 2 is 1.83 bits per heavy atom. The van der Waals surface area contributed by atoms with Gasteiger partial charge in [-0.1, -0.05) is 11.6 Å². The summed E-state index contributed by atoms with van der Waals surface area (Å²) in [6, 6.07) is 4.68. The second-order valence-electron chi connectivity index (χ2n) is 4.35. The number of benzene rings is 1. The van der Waals surface area contributed by atoms with Crippen molar-refractivity contribution in [1.82, 2.24) is 0 Å². The number of carbonyl (C=O) groups excluding carboxylic acids is 1. The molecule has 0 unspecified atom stereocenters. The molecule has 0 radical (unpaired) electrons. The van der Waals surface area contributed by atoms with Crippen LogP contribution in [0.1, 0.15) is 29.6 Å². The molecule has 1 aromatic rings. The van der Waals surface area contributed by atoms with Crippen molar-refractivity contribution < 1.29 is 14.7 Å². The van der Waals surface area contributed by atoms with Crippen LogP contribution >= 0.6 is 11.6 Å². The summed E-state index contributed by atoms with van der Waals surface area (Å²) in [7, 11) is 0. The molecule has 0 spiro atoms. The summed E-state index contributed by atoms with van der Waals surface area (Å²) in [6.07, 6.45) is 3.49. The molecule has 5 heteroatoms. The molecule has 1 N–H and O–H groups in total. The van der Waals surface area contributed by atoms with Crippen LogP contribution in [-0.4, -0.2) is 29.9 Å². The van der Waals surface area contributed by atoms with E-state index in [-0.39, 0.29) is 5.56 Å². The lowest BCUT2D eigenvalue weighted by atomic mass is 10.1. The zero-order chi connectivity index (χ0) is 13.1. The highest BCUT2D eigenvalue weighted by molar-refractivity contribution is 6.41. The summed E-state index contributed by atoms with van der Waals surface area (Å²) in [5, 5.41) is 9.08. The van der Waals surface area contributed by atoms with Gasteiger partial charge in [0.1, 0.15) is 0 Å². The standard InChI is InChI=1S/C13H14ClNO3/c14-10-8-9(12(16)13(17)18)4-5-11(10)15-6-2-1-3-7-15/h4-5,8H,1-3,6-7H2,(H,17,18). The molecular formula is C13H14ClNO3. The van der Waals surface area contributed by atoms with Crippen molar-refractivity contribution in [1.29, 1.82) is 0 Å². The molecule has 0 amide bonds. The molecule has 1 heterocycles. The second-order valence-corrected chi connectivity index (χ2v) is 4.76. The molecule has 1 saturated heterocycles. The number of ketones is 1. The van der Waals surface area contributed by atoms with Crippen LogP contribution in [0.25, 0.3) is 0 Å². The van der Waals surface area contributed by atoms with Crippen molar-refractivity contribution in [2.45, 2.75) is 19.3 Å². The van der Waals surface area contributed by atoms with Gasteiger partial charge >= 0.3 is 5.97 Å². The minimum atomic E-state index is -1.46. The zero-order valence-electron chi connectivity index (χ0n) is 9.86. The van der Waals surface area contributed by atoms with Gasteiger partial charge in [0.05, 0.1) is 10.7 Å². The number of carboxylic acid groups (broad SMARTS) is 1. The van der Waals surface area contributed by atoms with Crippen molar-refractivity contribution in [2.75, 3.05) is 18.0 Å². The number of carboxylic acids is 1. The number of Topliss-reactive ketones (excluding diaryl/α,β-unsaturated/α-hetero) is 1. The molecule has 96 valence electrons. The molecule has 0 aromatic heterocycles. The van der Waals surface area contributed by atoms with Crippen LogP contribution in [0.2, 0.25) is 5.02 Å². The average Bonchev–Trinajstić information content (AvgIpc) is 2.38. The highest BCUT2D eigenvalue weighted by Gasteiger charge is 2.18. The summed E-state index contributed by atoms with van der Waals surface area (Å²) in [5.41, 5.74) is 0.992. The molecule has 1 aromatic carbocycles. The summed E-state index contributed by atoms with van der Waals surface area (Å²) in [6.45, 7) is 1.90. The number of carbonyl (C=O) groups is 2. The maximum atomic E-state index is 11.3. The fraction of sp³-hybridized carbons (Fsp3) is 0.385. The van der Waals surface area contributed by atoms with E-state index in [9.17, 15) is 9.59 Å². The highest BCUT2D eigenvalue weighted by atomic mass is 35.5. The summed E-state index contributed by atoms with van der Waals surface area (Å²) in [5.74, 6) is -2.39. The molecule has 0 atom stereocenters. The maximum absolute atomic E-state index is 11.3. The van der Waals surface area contributed by atoms with Crippen LogP contribution in [-0.2, 0) is 4.79 Å². The van der Waals surface area contributed by atoms with E-state index in [1.807, 2.05) is 0 Å². The average molecular weight is 268 g/mol. The normalized spacial score (nSPS) is 15.5. The van der Waals surface area contributed by atoms with Crippen LogP contribution in [0.5, 0.6) is 0 Å². The minimum Gasteiger partial charge on any atom is -0.475 e. The third-order valence-electron chi connectivity index (χ3n) is 3.10. The molecule has 0 saturated carbocycles. The maximum Gasteiger partial charge on any atom is 0.377 e. The molecule has 4 nitrogen and oxygen atoms in total. The van der Waals surface area contributed by atoms with Gasteiger partial charge in [0.2, 0.25) is 0 Å². The van der Waals surface area contributed by atoms with Crippen LogP contribution in [0, 0.1) is 0 Å². The highest BCUT2D eigenvalue weighted by Crippen LogP contribution is 2.29. The van der Waals surface area contributed by atoms with E-state index in [1.165, 1.54) is 18.6 Å². The van der Waals surface area contributed by atoms with Gasteiger partial charge in [-0.2, -0.15) is 0 Å². The van der Waals surface area contributed by atoms with Crippen LogP contribution in [0.15, 0.2) is 18.2 Å². The fourth-order valence-corrected chi connectivity index (χ4v) is 2.46. The Balaban J connectivity index is 2.24. The number of hydrogen-bond acceptors (Lipinski definition) is 3. The van der Waals surface area contributed by atoms with E-state index >= 15 is 0 Å². The molecule has 1 aliphatic heterocycles. The number of halogens is 1. The van der Waals surface area contributed by atoms with Crippen molar-refractivity contribution in [3.05, 3.63) is 28.8 Å². The van der Waals surface area contributed by atoms with Crippen molar-refractivity contribution in [3.63, 3.8) is 0 Å². The number of hydrogen-bond donors (Lipinski definition) is 1. The van der Waals surface area contributed by atoms with Crippen LogP contribution in [0.4, 0.5) is 5.69 Å². The number of anilines is 1. The first-order valence-electron chi connectivity index (χ1n) is 5.91. The summed E-state index contributed by atoms with van der Waals surface area (Å²) < 4.78 is 0. The predicted octanol–water partition coefficient (Wildman–Crippen LogP) is 2.60. The Kier molecular flexibility index (Phi) is 3.87. The molecule has 1 aliphatic rings. The Morgan fingerprint density at radius 1 is 1.17 bits per heavy atom. The topological polar surface area (TPSA) is 57.6 Å². The third-order valence-corrected chi connectivity index (χ3v) is 3.40. The van der Waals surface area contributed by atoms with E-state index in [0.29, 0.717) is 5.02 Å². The van der Waals surface area contributed by atoms with E-state index in [1.54, 1.807) is 6.07 Å². The second kappa shape index (κ2) is 5.40. The first-order chi connectivity index (χ1) is 8.59. The van der Waals surface area contributed by atoms with Crippen LogP contribution < -0.4 is 4.90 Å². The van der Waals surface area contributed by atoms with Gasteiger partial charge in [-0.3, -0.25) is 4.79 Å². The summed E-state index contributed by atoms with van der Waals surface area (Å²) in [4.78, 5) is 24.1. The smallest absolute Gasteiger partial charge is 0.377 e. The molecular weight excluding hydrogens is 254 g/mol. The number of piperidine rings is 1. The summed E-state index contributed by atoms with van der Waals surface area (Å²) >= 11 is 6.12. The van der Waals surface area contributed by atoms with Gasteiger partial charge in [-0.05, 0) is 37.5 Å². The van der Waals surface area contributed by atoms with Gasteiger partial charge in [0, 0.05) is 18.7 Å². The van der Waals surface area contributed by atoms with Gasteiger partial charge in [-0.15, -0.1) is 0 Å². The largest absolute Gasteiger partial charge is 0.475 e. The lowest BCUT2D eigenvalue weighted by Crippen LogP contribution is -2.29. The monoisotopic (exact) mass is 267 g/mol. The predicted molar refractivity (Wildman–Crippen MR) is 69.5 cm³/mol. The van der Waals surface area contributed by atoms with E-state index in [2.05, 4.69) is 4.90 Å². The van der Waals surface area contributed by atoms with Crippen molar-refractivity contribution in [3.8, 4) is 0 Å². The minimum absolute atomic E-state index is 0.119. The first kappa shape index (κ1) is 12.9. The van der Waals surface area contributed by atoms with Crippen molar-refractivity contribution >= 4 is 29.0 Å². The molecule has 2 rings (SSSR count). The van der Waals surface area contributed by atoms with Gasteiger partial charge in [-0.25, -0.2) is 4.79 Å². The number of nitrogens with zero attached hydrogens (tertiary/aromatic N) is 1. The molecule has 0 aliphatic carbocycles. The van der Waals surface area contributed by atoms with E-state index in [4.69, 9.17) is 16.7 Å². The molecule has 1 fully saturated rings. The van der Waals surface area contributed by atoms with Gasteiger partial charge < -0.3 is 10.0 Å². The Bertz CT molecular complexity index is 481. The Labute approximate surface area is 110 Å². The molecule has 18 heavy (non-hydrogen) atoms. The number of aliphatic carboxylic acids is 1. The van der Waals surface area contributed by atoms with E-state index in [0.717, 1.165) is 31.6 Å². The first-order valence-corrected chi connectivity index (χ1v) is 6.29. The lowest BCUT2D eigenvalue weighted by molar-refractivity contribution is -0.131.